The van der Waals surface area contributed by atoms with Crippen molar-refractivity contribution in [2.24, 2.45) is 7.05 Å². The molecule has 11 heteroatoms. The molecular weight excluding hydrogens is 500 g/mol. The van der Waals surface area contributed by atoms with Crippen LogP contribution in [-0.4, -0.2) is 35.4 Å². The fraction of sp³-hybridized carbons (Fsp3) is 0.308. The third-order valence-electron chi connectivity index (χ3n) is 5.44. The lowest BCUT2D eigenvalue weighted by molar-refractivity contribution is -0.155. The SMILES string of the molecule is Cn1c(=O)n(CCC(=O)OC(C)(C)C)c(=O)c2c1nc(Oc1cccc(O)c1)n2Cc1ccc(Cl)cc1. The number of ether oxygens (including phenoxy) is 2. The van der Waals surface area contributed by atoms with Crippen molar-refractivity contribution in [2.45, 2.75) is 45.9 Å². The summed E-state index contributed by atoms with van der Waals surface area (Å²) in [6.45, 7) is 5.25. The summed E-state index contributed by atoms with van der Waals surface area (Å²) < 4.78 is 15.0. The minimum absolute atomic E-state index is 0.00485. The van der Waals surface area contributed by atoms with Crippen molar-refractivity contribution >= 4 is 28.7 Å². The van der Waals surface area contributed by atoms with Gasteiger partial charge in [-0.1, -0.05) is 29.8 Å². The first-order chi connectivity index (χ1) is 17.4. The number of rotatable bonds is 7. The van der Waals surface area contributed by atoms with E-state index in [1.165, 1.54) is 23.7 Å². The van der Waals surface area contributed by atoms with Gasteiger partial charge in [0.1, 0.15) is 17.1 Å². The second-order valence-corrected chi connectivity index (χ2v) is 9.95. The Bertz CT molecular complexity index is 1580. The average molecular weight is 527 g/mol. The van der Waals surface area contributed by atoms with Crippen LogP contribution < -0.4 is 16.0 Å². The molecule has 0 aliphatic carbocycles. The molecule has 0 aliphatic heterocycles. The Kier molecular flexibility index (Phi) is 7.13. The van der Waals surface area contributed by atoms with E-state index >= 15 is 0 Å². The quantitative estimate of drug-likeness (QED) is 0.364. The van der Waals surface area contributed by atoms with Crippen LogP contribution in [0.25, 0.3) is 11.2 Å². The summed E-state index contributed by atoms with van der Waals surface area (Å²) in [6, 6.07) is 13.2. The summed E-state index contributed by atoms with van der Waals surface area (Å²) in [6.07, 6.45) is -0.157. The van der Waals surface area contributed by atoms with Gasteiger partial charge < -0.3 is 14.6 Å². The minimum Gasteiger partial charge on any atom is -0.508 e. The second kappa shape index (κ2) is 10.1. The molecule has 0 amide bonds. The number of aryl methyl sites for hydroxylation is 1. The van der Waals surface area contributed by atoms with Crippen molar-refractivity contribution in [3.8, 4) is 17.5 Å². The normalized spacial score (nSPS) is 11.6. The van der Waals surface area contributed by atoms with Crippen LogP contribution in [0.5, 0.6) is 17.5 Å². The largest absolute Gasteiger partial charge is 0.508 e. The lowest BCUT2D eigenvalue weighted by Crippen LogP contribution is -2.40. The van der Waals surface area contributed by atoms with E-state index in [4.69, 9.17) is 21.1 Å². The summed E-state index contributed by atoms with van der Waals surface area (Å²) in [5, 5.41) is 10.4. The van der Waals surface area contributed by atoms with Gasteiger partial charge in [0.05, 0.1) is 13.0 Å². The number of imidazole rings is 1. The van der Waals surface area contributed by atoms with Crippen LogP contribution in [0.3, 0.4) is 0 Å². The summed E-state index contributed by atoms with van der Waals surface area (Å²) in [5.74, 6) is -0.234. The zero-order chi connectivity index (χ0) is 26.9. The van der Waals surface area contributed by atoms with E-state index in [0.29, 0.717) is 10.8 Å². The highest BCUT2D eigenvalue weighted by Gasteiger charge is 2.23. The lowest BCUT2D eigenvalue weighted by atomic mass is 10.2. The monoisotopic (exact) mass is 526 g/mol. The molecule has 0 saturated carbocycles. The number of benzene rings is 2. The van der Waals surface area contributed by atoms with Crippen molar-refractivity contribution in [3.63, 3.8) is 0 Å². The van der Waals surface area contributed by atoms with Gasteiger partial charge in [0.15, 0.2) is 11.2 Å². The molecule has 0 radical (unpaired) electrons. The predicted molar refractivity (Wildman–Crippen MR) is 138 cm³/mol. The van der Waals surface area contributed by atoms with Gasteiger partial charge in [-0.15, -0.1) is 0 Å². The highest BCUT2D eigenvalue weighted by atomic mass is 35.5. The van der Waals surface area contributed by atoms with Gasteiger partial charge in [-0.3, -0.25) is 23.3 Å². The molecular formula is C26H27ClN4O6. The number of carbonyl (C=O) groups excluding carboxylic acids is 1. The number of esters is 1. The number of aromatic nitrogens is 4. The first-order valence-electron chi connectivity index (χ1n) is 11.6. The number of nitrogens with zero attached hydrogens (tertiary/aromatic N) is 4. The number of hydrogen-bond acceptors (Lipinski definition) is 7. The van der Waals surface area contributed by atoms with Crippen molar-refractivity contribution < 1.29 is 19.4 Å². The maximum atomic E-state index is 13.6. The second-order valence-electron chi connectivity index (χ2n) is 9.51. The molecule has 0 bridgehead atoms. The molecule has 0 spiro atoms. The standard InChI is InChI=1S/C26H27ClN4O6/c1-26(2,3)37-20(33)12-13-30-23(34)21-22(29(4)25(30)35)28-24(36-19-7-5-6-18(32)14-19)31(21)15-16-8-10-17(27)11-9-16/h5-11,14,32H,12-13,15H2,1-4H3. The molecule has 2 aromatic carbocycles. The third-order valence-corrected chi connectivity index (χ3v) is 5.69. The van der Waals surface area contributed by atoms with Gasteiger partial charge in [-0.05, 0) is 50.6 Å². The fourth-order valence-corrected chi connectivity index (χ4v) is 3.92. The number of halogens is 1. The molecule has 10 nitrogen and oxygen atoms in total. The van der Waals surface area contributed by atoms with E-state index in [9.17, 15) is 19.5 Å². The molecule has 2 heterocycles. The molecule has 194 valence electrons. The number of fused-ring (bicyclic) bond motifs is 1. The first kappa shape index (κ1) is 26.0. The Morgan fingerprint density at radius 2 is 1.78 bits per heavy atom. The summed E-state index contributed by atoms with van der Waals surface area (Å²) in [5.41, 5.74) is -0.885. The van der Waals surface area contributed by atoms with E-state index in [1.54, 1.807) is 61.7 Å². The average Bonchev–Trinajstić information content (AvgIpc) is 3.16. The van der Waals surface area contributed by atoms with Crippen LogP contribution in [0, 0.1) is 0 Å². The van der Waals surface area contributed by atoms with Crippen LogP contribution in [0.4, 0.5) is 0 Å². The van der Waals surface area contributed by atoms with Crippen LogP contribution in [0.2, 0.25) is 5.02 Å². The van der Waals surface area contributed by atoms with Gasteiger partial charge in [0.25, 0.3) is 5.56 Å². The molecule has 4 aromatic rings. The van der Waals surface area contributed by atoms with Crippen molar-refractivity contribution in [3.05, 3.63) is 80.0 Å². The topological polar surface area (TPSA) is 118 Å². The van der Waals surface area contributed by atoms with Crippen molar-refractivity contribution in [1.29, 1.82) is 0 Å². The van der Waals surface area contributed by atoms with Gasteiger partial charge in [0, 0.05) is 24.7 Å². The van der Waals surface area contributed by atoms with E-state index in [2.05, 4.69) is 4.98 Å². The molecule has 0 fully saturated rings. The Hall–Kier alpha value is -4.05. The third kappa shape index (κ3) is 5.86. The number of phenolic OH excluding ortho intramolecular Hbond substituents is 1. The molecule has 4 rings (SSSR count). The number of phenols is 1. The van der Waals surface area contributed by atoms with Gasteiger partial charge in [-0.25, -0.2) is 4.79 Å². The predicted octanol–water partition coefficient (Wildman–Crippen LogP) is 3.83. The zero-order valence-corrected chi connectivity index (χ0v) is 21.7. The van der Waals surface area contributed by atoms with Gasteiger partial charge in [-0.2, -0.15) is 4.98 Å². The molecule has 37 heavy (non-hydrogen) atoms. The Morgan fingerprint density at radius 1 is 1.08 bits per heavy atom. The molecule has 1 N–H and O–H groups in total. The highest BCUT2D eigenvalue weighted by molar-refractivity contribution is 6.30. The van der Waals surface area contributed by atoms with E-state index < -0.39 is 22.8 Å². The maximum Gasteiger partial charge on any atom is 0.332 e. The number of aromatic hydroxyl groups is 1. The number of hydrogen-bond donors (Lipinski definition) is 1. The molecule has 0 unspecified atom stereocenters. The van der Waals surface area contributed by atoms with Crippen LogP contribution in [0.15, 0.2) is 58.1 Å². The zero-order valence-electron chi connectivity index (χ0n) is 20.9. The Labute approximate surface area is 217 Å². The summed E-state index contributed by atoms with van der Waals surface area (Å²) in [4.78, 5) is 43.4. The molecule has 0 aliphatic rings. The van der Waals surface area contributed by atoms with Crippen molar-refractivity contribution in [2.75, 3.05) is 0 Å². The van der Waals surface area contributed by atoms with Crippen molar-refractivity contribution in [1.82, 2.24) is 18.7 Å². The highest BCUT2D eigenvalue weighted by Crippen LogP contribution is 2.27. The summed E-state index contributed by atoms with van der Waals surface area (Å²) >= 11 is 6.03. The molecule has 0 atom stereocenters. The number of carbonyl (C=O) groups is 1. The fourth-order valence-electron chi connectivity index (χ4n) is 3.79. The Morgan fingerprint density at radius 3 is 2.43 bits per heavy atom. The van der Waals surface area contributed by atoms with Crippen LogP contribution >= 0.6 is 11.6 Å². The van der Waals surface area contributed by atoms with E-state index in [1.807, 2.05) is 0 Å². The summed E-state index contributed by atoms with van der Waals surface area (Å²) in [7, 11) is 1.49. The van der Waals surface area contributed by atoms with Gasteiger partial charge >= 0.3 is 17.7 Å². The van der Waals surface area contributed by atoms with Crippen LogP contribution in [0.1, 0.15) is 32.8 Å². The molecule has 0 saturated heterocycles. The van der Waals surface area contributed by atoms with E-state index in [-0.39, 0.29) is 42.4 Å². The van der Waals surface area contributed by atoms with E-state index in [0.717, 1.165) is 10.1 Å². The minimum atomic E-state index is -0.688. The first-order valence-corrected chi connectivity index (χ1v) is 11.9. The van der Waals surface area contributed by atoms with Crippen LogP contribution in [-0.2, 0) is 29.7 Å². The van der Waals surface area contributed by atoms with Gasteiger partial charge in [0.2, 0.25) is 0 Å². The Balaban J connectivity index is 1.83. The lowest BCUT2D eigenvalue weighted by Gasteiger charge is -2.19. The maximum absolute atomic E-state index is 13.6. The molecule has 2 aromatic heterocycles. The smallest absolute Gasteiger partial charge is 0.332 e.